The molecule has 0 saturated heterocycles. The van der Waals surface area contributed by atoms with Crippen molar-refractivity contribution in [3.63, 3.8) is 0 Å². The maximum absolute atomic E-state index is 12.3. The molecule has 2 aromatic carbocycles. The molecule has 0 aliphatic rings. The molecule has 0 radical (unpaired) electrons. The van der Waals surface area contributed by atoms with Gasteiger partial charge >= 0.3 is 0 Å². The molecule has 0 aromatic heterocycles. The number of anilines is 2. The van der Waals surface area contributed by atoms with Crippen LogP contribution in [0.25, 0.3) is 0 Å². The smallest absolute Gasteiger partial charge is 0.229 e. The van der Waals surface area contributed by atoms with Gasteiger partial charge in [-0.25, -0.2) is 25.6 Å². The molecule has 2 aromatic rings. The van der Waals surface area contributed by atoms with E-state index in [1.807, 2.05) is 0 Å². The van der Waals surface area contributed by atoms with Gasteiger partial charge in [0.1, 0.15) is 11.6 Å². The van der Waals surface area contributed by atoms with Crippen molar-refractivity contribution in [3.05, 3.63) is 60.2 Å². The molecule has 0 atom stereocenters. The highest BCUT2D eigenvalue weighted by atomic mass is 35.7. The molecular formula is C14H17ClF2N2O4S2. The third-order valence-corrected chi connectivity index (χ3v) is 2.62. The zero-order chi connectivity index (χ0) is 19.7. The van der Waals surface area contributed by atoms with Crippen molar-refractivity contribution in [1.29, 1.82) is 0 Å². The highest BCUT2D eigenvalue weighted by Gasteiger charge is 2.00. The molecule has 0 fully saturated rings. The zero-order valence-electron chi connectivity index (χ0n) is 13.3. The predicted octanol–water partition coefficient (Wildman–Crippen LogP) is 2.79. The molecule has 11 heteroatoms. The number of sulfonamides is 1. The summed E-state index contributed by atoms with van der Waals surface area (Å²) in [6.45, 7) is 0. The van der Waals surface area contributed by atoms with Crippen molar-refractivity contribution < 1.29 is 25.6 Å². The number of halogens is 3. The van der Waals surface area contributed by atoms with Crippen LogP contribution in [0, 0.1) is 11.6 Å². The fourth-order valence-corrected chi connectivity index (χ4v) is 1.76. The normalized spacial score (nSPS) is 10.6. The maximum atomic E-state index is 12.3. The van der Waals surface area contributed by atoms with Gasteiger partial charge in [-0.1, -0.05) is 0 Å². The molecule has 140 valence electrons. The Balaban J connectivity index is 0.000000382. The monoisotopic (exact) mass is 414 g/mol. The molecule has 0 spiro atoms. The molecule has 0 heterocycles. The van der Waals surface area contributed by atoms with Gasteiger partial charge < -0.3 is 5.73 Å². The highest BCUT2D eigenvalue weighted by molar-refractivity contribution is 8.13. The lowest BCUT2D eigenvalue weighted by Crippen LogP contribution is -2.09. The number of nitrogens with two attached hydrogens (primary N) is 1. The number of nitrogens with one attached hydrogen (secondary N) is 1. The van der Waals surface area contributed by atoms with Crippen molar-refractivity contribution in [1.82, 2.24) is 0 Å². The number of benzene rings is 2. The van der Waals surface area contributed by atoms with Crippen molar-refractivity contribution in [2.75, 3.05) is 23.0 Å². The van der Waals surface area contributed by atoms with Crippen LogP contribution < -0.4 is 10.5 Å². The third kappa shape index (κ3) is 16.7. The van der Waals surface area contributed by atoms with E-state index in [2.05, 4.69) is 15.4 Å². The summed E-state index contributed by atoms with van der Waals surface area (Å²) in [6, 6.07) is 10.8. The predicted molar refractivity (Wildman–Crippen MR) is 96.4 cm³/mol. The van der Waals surface area contributed by atoms with Crippen LogP contribution in [0.2, 0.25) is 0 Å². The van der Waals surface area contributed by atoms with Crippen molar-refractivity contribution in [2.24, 2.45) is 0 Å². The second kappa shape index (κ2) is 10.2. The van der Waals surface area contributed by atoms with Gasteiger partial charge in [0.2, 0.25) is 19.1 Å². The standard InChI is InChI=1S/C7H8FNO2S.C6H6FN.CH3ClO2S/c1-12(10,11)9-7-4-2-6(8)3-5-7;7-5-1-3-6(8)4-2-5;1-5(2,3)4/h2-5,9H,1H3;1-4H,8H2;1H3. The van der Waals surface area contributed by atoms with Gasteiger partial charge in [0.25, 0.3) is 0 Å². The van der Waals surface area contributed by atoms with E-state index in [4.69, 9.17) is 5.73 Å². The van der Waals surface area contributed by atoms with Crippen LogP contribution in [0.3, 0.4) is 0 Å². The lowest BCUT2D eigenvalue weighted by atomic mass is 10.3. The molecule has 0 amide bonds. The molecular weight excluding hydrogens is 398 g/mol. The molecule has 3 N–H and O–H groups in total. The Bertz CT molecular complexity index is 828. The van der Waals surface area contributed by atoms with Gasteiger partial charge in [0.05, 0.1) is 12.5 Å². The van der Waals surface area contributed by atoms with Gasteiger partial charge in [-0.2, -0.15) is 0 Å². The van der Waals surface area contributed by atoms with E-state index in [1.165, 1.54) is 48.5 Å². The first-order valence-electron chi connectivity index (χ1n) is 6.40. The summed E-state index contributed by atoms with van der Waals surface area (Å²) in [5.41, 5.74) is 6.21. The number of hydrogen-bond donors (Lipinski definition) is 2. The average Bonchev–Trinajstić information content (AvgIpc) is 2.42. The van der Waals surface area contributed by atoms with Gasteiger partial charge in [-0.3, -0.25) is 4.72 Å². The second-order valence-electron chi connectivity index (χ2n) is 4.61. The molecule has 6 nitrogen and oxygen atoms in total. The SMILES string of the molecule is CS(=O)(=O)Cl.CS(=O)(=O)Nc1ccc(F)cc1.Nc1ccc(F)cc1. The van der Waals surface area contributed by atoms with Crippen molar-refractivity contribution >= 4 is 41.1 Å². The van der Waals surface area contributed by atoms with E-state index < -0.39 is 24.9 Å². The Kier molecular flexibility index (Phi) is 9.39. The summed E-state index contributed by atoms with van der Waals surface area (Å²) in [4.78, 5) is 0. The minimum Gasteiger partial charge on any atom is -0.399 e. The largest absolute Gasteiger partial charge is 0.399 e. The first kappa shape index (κ1) is 23.1. The van der Waals surface area contributed by atoms with E-state index in [9.17, 15) is 25.6 Å². The zero-order valence-corrected chi connectivity index (χ0v) is 15.7. The van der Waals surface area contributed by atoms with E-state index >= 15 is 0 Å². The Morgan fingerprint density at radius 1 is 0.840 bits per heavy atom. The molecule has 0 unspecified atom stereocenters. The Morgan fingerprint density at radius 3 is 1.44 bits per heavy atom. The second-order valence-corrected chi connectivity index (χ2v) is 9.41. The number of rotatable bonds is 2. The summed E-state index contributed by atoms with van der Waals surface area (Å²) in [7, 11) is -1.95. The highest BCUT2D eigenvalue weighted by Crippen LogP contribution is 2.09. The van der Waals surface area contributed by atoms with Crippen molar-refractivity contribution in [2.45, 2.75) is 0 Å². The average molecular weight is 415 g/mol. The fraction of sp³-hybridized carbons (Fsp3) is 0.143. The molecule has 0 aliphatic carbocycles. The van der Waals surface area contributed by atoms with E-state index in [0.29, 0.717) is 11.4 Å². The summed E-state index contributed by atoms with van der Waals surface area (Å²) >= 11 is 0. The molecule has 0 aliphatic heterocycles. The van der Waals surface area contributed by atoms with E-state index in [0.717, 1.165) is 12.5 Å². The lowest BCUT2D eigenvalue weighted by molar-refractivity contribution is 0.606. The third-order valence-electron chi connectivity index (χ3n) is 2.02. The summed E-state index contributed by atoms with van der Waals surface area (Å²) < 4.78 is 66.7. The van der Waals surface area contributed by atoms with Gasteiger partial charge in [-0.05, 0) is 48.5 Å². The number of hydrogen-bond acceptors (Lipinski definition) is 5. The quantitative estimate of drug-likeness (QED) is 0.580. The fourth-order valence-electron chi connectivity index (χ4n) is 1.19. The van der Waals surface area contributed by atoms with Crippen LogP contribution in [0.5, 0.6) is 0 Å². The van der Waals surface area contributed by atoms with Crippen LogP contribution in [0.15, 0.2) is 48.5 Å². The minimum atomic E-state index is -3.26. The van der Waals surface area contributed by atoms with Crippen molar-refractivity contribution in [3.8, 4) is 0 Å². The Labute approximate surface area is 150 Å². The van der Waals surface area contributed by atoms with Crippen LogP contribution in [0.4, 0.5) is 20.2 Å². The first-order chi connectivity index (χ1) is 11.3. The van der Waals surface area contributed by atoms with Crippen LogP contribution in [0.1, 0.15) is 0 Å². The summed E-state index contributed by atoms with van der Waals surface area (Å²) in [6.07, 6.45) is 1.96. The lowest BCUT2D eigenvalue weighted by Gasteiger charge is -2.01. The van der Waals surface area contributed by atoms with Crippen LogP contribution in [-0.4, -0.2) is 29.3 Å². The van der Waals surface area contributed by atoms with Crippen LogP contribution in [-0.2, 0) is 19.1 Å². The van der Waals surface area contributed by atoms with Gasteiger partial charge in [0.15, 0.2) is 0 Å². The molecule has 25 heavy (non-hydrogen) atoms. The molecule has 2 rings (SSSR count). The van der Waals surface area contributed by atoms with Crippen LogP contribution >= 0.6 is 10.7 Å². The molecule has 0 bridgehead atoms. The maximum Gasteiger partial charge on any atom is 0.229 e. The van der Waals surface area contributed by atoms with Gasteiger partial charge in [-0.15, -0.1) is 0 Å². The van der Waals surface area contributed by atoms with Gasteiger partial charge in [0, 0.05) is 22.1 Å². The Hall–Kier alpha value is -1.91. The first-order valence-corrected chi connectivity index (χ1v) is 11.0. The summed E-state index contributed by atoms with van der Waals surface area (Å²) in [5.74, 6) is -0.645. The number of nitrogen functional groups attached to an aromatic ring is 1. The minimum absolute atomic E-state index is 0.251. The topological polar surface area (TPSA) is 106 Å². The molecule has 0 saturated carbocycles. The van der Waals surface area contributed by atoms with E-state index in [1.54, 1.807) is 0 Å². The summed E-state index contributed by atoms with van der Waals surface area (Å²) in [5, 5.41) is 0. The Morgan fingerprint density at radius 2 is 1.16 bits per heavy atom. The van der Waals surface area contributed by atoms with E-state index in [-0.39, 0.29) is 5.82 Å².